The summed E-state index contributed by atoms with van der Waals surface area (Å²) in [5.74, 6) is 1.03. The molecule has 1 aliphatic heterocycles. The Balaban J connectivity index is 2.12. The molecule has 0 atom stereocenters. The van der Waals surface area contributed by atoms with Gasteiger partial charge in [-0.3, -0.25) is 0 Å². The maximum atomic E-state index is 6.11. The van der Waals surface area contributed by atoms with Gasteiger partial charge >= 0.3 is 0 Å². The van der Waals surface area contributed by atoms with Crippen LogP contribution in [0.3, 0.4) is 0 Å². The van der Waals surface area contributed by atoms with Crippen LogP contribution in [0.2, 0.25) is 5.02 Å². The third-order valence-electron chi connectivity index (χ3n) is 3.11. The second kappa shape index (κ2) is 5.67. The zero-order chi connectivity index (χ0) is 12.3. The topological polar surface area (TPSA) is 31.4 Å². The van der Waals surface area contributed by atoms with Crippen molar-refractivity contribution >= 4 is 17.4 Å². The average Bonchev–Trinajstić information content (AvgIpc) is 2.33. The molecule has 1 aliphatic rings. The Hall–Kier alpha value is -0.840. The van der Waals surface area contributed by atoms with Crippen molar-refractivity contribution in [3.8, 4) is 0 Å². The zero-order valence-electron chi connectivity index (χ0n) is 10.4. The van der Waals surface area contributed by atoms with Gasteiger partial charge in [0.05, 0.1) is 5.02 Å². The second-order valence-electron chi connectivity index (χ2n) is 4.45. The van der Waals surface area contributed by atoms with E-state index in [4.69, 9.17) is 11.6 Å². The summed E-state index contributed by atoms with van der Waals surface area (Å²) in [4.78, 5) is 9.07. The number of rotatable bonds is 3. The van der Waals surface area contributed by atoms with Gasteiger partial charge in [0, 0.05) is 38.9 Å². The number of hydrogen-bond donors (Lipinski definition) is 1. The van der Waals surface area contributed by atoms with Crippen LogP contribution in [0.4, 0.5) is 5.82 Å². The number of halogens is 1. The number of nitrogens with one attached hydrogen (secondary N) is 1. The molecule has 0 spiro atoms. The molecular weight excluding hydrogens is 236 g/mol. The quantitative estimate of drug-likeness (QED) is 0.879. The average molecular weight is 255 g/mol. The molecule has 1 N–H and O–H groups in total. The lowest BCUT2D eigenvalue weighted by atomic mass is 10.2. The minimum absolute atomic E-state index is 0.734. The van der Waals surface area contributed by atoms with E-state index in [-0.39, 0.29) is 0 Å². The number of hydrogen-bond acceptors (Lipinski definition) is 4. The Morgan fingerprint density at radius 1 is 1.35 bits per heavy atom. The summed E-state index contributed by atoms with van der Waals surface area (Å²) in [7, 11) is 4.07. The highest BCUT2D eigenvalue weighted by molar-refractivity contribution is 6.31. The summed E-state index contributed by atoms with van der Waals surface area (Å²) in [5.41, 5.74) is 1.11. The van der Waals surface area contributed by atoms with Gasteiger partial charge < -0.3 is 15.1 Å². The summed E-state index contributed by atoms with van der Waals surface area (Å²) >= 11 is 6.11. The number of anilines is 1. The lowest BCUT2D eigenvalue weighted by Crippen LogP contribution is -2.44. The molecule has 0 saturated carbocycles. The van der Waals surface area contributed by atoms with Gasteiger partial charge in [-0.1, -0.05) is 11.6 Å². The second-order valence-corrected chi connectivity index (χ2v) is 4.86. The first-order valence-corrected chi connectivity index (χ1v) is 6.31. The van der Waals surface area contributed by atoms with Crippen molar-refractivity contribution in [2.24, 2.45) is 0 Å². The van der Waals surface area contributed by atoms with Crippen LogP contribution in [0.15, 0.2) is 12.3 Å². The fraction of sp³-hybridized carbons (Fsp3) is 0.583. The predicted molar refractivity (Wildman–Crippen MR) is 71.7 cm³/mol. The molecule has 5 heteroatoms. The molecule has 0 amide bonds. The summed E-state index contributed by atoms with van der Waals surface area (Å²) in [6, 6.07) is 2.09. The van der Waals surface area contributed by atoms with E-state index in [0.29, 0.717) is 0 Å². The molecule has 0 aliphatic carbocycles. The Morgan fingerprint density at radius 2 is 2.06 bits per heavy atom. The minimum atomic E-state index is 0.734. The molecule has 1 saturated heterocycles. The van der Waals surface area contributed by atoms with Crippen molar-refractivity contribution in [2.75, 3.05) is 45.2 Å². The third-order valence-corrected chi connectivity index (χ3v) is 3.46. The molecule has 1 aromatic heterocycles. The first kappa shape index (κ1) is 12.6. The fourth-order valence-corrected chi connectivity index (χ4v) is 2.17. The highest BCUT2D eigenvalue weighted by atomic mass is 35.5. The van der Waals surface area contributed by atoms with Crippen molar-refractivity contribution in [2.45, 2.75) is 6.54 Å². The Bertz CT molecular complexity index is 375. The number of nitrogens with zero attached hydrogens (tertiary/aromatic N) is 3. The van der Waals surface area contributed by atoms with Crippen LogP contribution in [0.5, 0.6) is 0 Å². The molecule has 0 unspecified atom stereocenters. The van der Waals surface area contributed by atoms with Gasteiger partial charge in [-0.2, -0.15) is 0 Å². The molecule has 4 nitrogen and oxygen atoms in total. The van der Waals surface area contributed by atoms with Gasteiger partial charge in [0.25, 0.3) is 0 Å². The first-order valence-electron chi connectivity index (χ1n) is 5.93. The highest BCUT2D eigenvalue weighted by Crippen LogP contribution is 2.21. The summed E-state index contributed by atoms with van der Waals surface area (Å²) in [5, 5.41) is 3.86. The highest BCUT2D eigenvalue weighted by Gasteiger charge is 2.16. The van der Waals surface area contributed by atoms with Gasteiger partial charge in [-0.05, 0) is 25.7 Å². The van der Waals surface area contributed by atoms with Crippen molar-refractivity contribution < 1.29 is 0 Å². The molecule has 2 rings (SSSR count). The van der Waals surface area contributed by atoms with E-state index in [1.165, 1.54) is 0 Å². The van der Waals surface area contributed by atoms with Crippen LogP contribution in [0.1, 0.15) is 5.56 Å². The van der Waals surface area contributed by atoms with Crippen molar-refractivity contribution in [1.29, 1.82) is 0 Å². The van der Waals surface area contributed by atoms with E-state index in [1.807, 2.05) is 7.05 Å². The molecular formula is C12H19ClN4. The van der Waals surface area contributed by atoms with Crippen molar-refractivity contribution in [1.82, 2.24) is 15.2 Å². The van der Waals surface area contributed by atoms with Gasteiger partial charge in [-0.15, -0.1) is 0 Å². The van der Waals surface area contributed by atoms with Gasteiger partial charge in [0.1, 0.15) is 5.82 Å². The van der Waals surface area contributed by atoms with Gasteiger partial charge in [0.2, 0.25) is 0 Å². The SMILES string of the molecule is CNCc1cc(N2CCN(C)CC2)ncc1Cl. The van der Waals surface area contributed by atoms with Crippen LogP contribution < -0.4 is 10.2 Å². The largest absolute Gasteiger partial charge is 0.354 e. The van der Waals surface area contributed by atoms with E-state index in [2.05, 4.69) is 33.2 Å². The standard InChI is InChI=1S/C12H19ClN4/c1-14-8-10-7-12(15-9-11(10)13)17-5-3-16(2)4-6-17/h7,9,14H,3-6,8H2,1-2H3. The molecule has 0 aromatic carbocycles. The van der Waals surface area contributed by atoms with Crippen molar-refractivity contribution in [3.63, 3.8) is 0 Å². The Kier molecular flexibility index (Phi) is 4.20. The molecule has 17 heavy (non-hydrogen) atoms. The van der Waals surface area contributed by atoms with E-state index < -0.39 is 0 Å². The van der Waals surface area contributed by atoms with E-state index in [1.54, 1.807) is 6.20 Å². The predicted octanol–water partition coefficient (Wildman–Crippen LogP) is 1.21. The number of aromatic nitrogens is 1. The number of pyridine rings is 1. The first-order chi connectivity index (χ1) is 8.20. The molecule has 1 aromatic rings. The van der Waals surface area contributed by atoms with Crippen LogP contribution >= 0.6 is 11.6 Å². The fourth-order valence-electron chi connectivity index (χ4n) is 2.00. The lowest BCUT2D eigenvalue weighted by Gasteiger charge is -2.33. The van der Waals surface area contributed by atoms with Crippen LogP contribution in [-0.2, 0) is 6.54 Å². The summed E-state index contributed by atoms with van der Waals surface area (Å²) in [6.07, 6.45) is 1.75. The lowest BCUT2D eigenvalue weighted by molar-refractivity contribution is 0.312. The van der Waals surface area contributed by atoms with E-state index >= 15 is 0 Å². The maximum Gasteiger partial charge on any atom is 0.128 e. The minimum Gasteiger partial charge on any atom is -0.354 e. The molecule has 0 bridgehead atoms. The van der Waals surface area contributed by atoms with Crippen molar-refractivity contribution in [3.05, 3.63) is 22.8 Å². The Labute approximate surface area is 108 Å². The van der Waals surface area contributed by atoms with Crippen LogP contribution in [0.25, 0.3) is 0 Å². The number of likely N-dealkylation sites (N-methyl/N-ethyl adjacent to an activating group) is 1. The van der Waals surface area contributed by atoms with Crippen LogP contribution in [-0.4, -0.2) is 50.2 Å². The summed E-state index contributed by atoms with van der Waals surface area (Å²) in [6.45, 7) is 5.02. The third kappa shape index (κ3) is 3.09. The summed E-state index contributed by atoms with van der Waals surface area (Å²) < 4.78 is 0. The normalized spacial score (nSPS) is 17.5. The number of piperazine rings is 1. The van der Waals surface area contributed by atoms with Gasteiger partial charge in [0.15, 0.2) is 0 Å². The van der Waals surface area contributed by atoms with Gasteiger partial charge in [-0.25, -0.2) is 4.98 Å². The monoisotopic (exact) mass is 254 g/mol. The van der Waals surface area contributed by atoms with E-state index in [9.17, 15) is 0 Å². The molecule has 94 valence electrons. The smallest absolute Gasteiger partial charge is 0.128 e. The maximum absolute atomic E-state index is 6.11. The molecule has 0 radical (unpaired) electrons. The van der Waals surface area contributed by atoms with E-state index in [0.717, 1.165) is 49.1 Å². The zero-order valence-corrected chi connectivity index (χ0v) is 11.2. The van der Waals surface area contributed by atoms with Crippen LogP contribution in [0, 0.1) is 0 Å². The Morgan fingerprint density at radius 3 is 2.71 bits per heavy atom. The molecule has 1 fully saturated rings. The molecule has 2 heterocycles.